The van der Waals surface area contributed by atoms with Crippen LogP contribution in [0.1, 0.15) is 29.8 Å². The second-order valence-electron chi connectivity index (χ2n) is 7.96. The lowest BCUT2D eigenvalue weighted by Gasteiger charge is -2.31. The van der Waals surface area contributed by atoms with E-state index in [-0.39, 0.29) is 17.6 Å². The average molecular weight is 444 g/mol. The number of hydrogen-bond acceptors (Lipinski definition) is 4. The van der Waals surface area contributed by atoms with Crippen LogP contribution in [0.5, 0.6) is 0 Å². The van der Waals surface area contributed by atoms with Crippen LogP contribution in [0.3, 0.4) is 0 Å². The van der Waals surface area contributed by atoms with Gasteiger partial charge in [-0.2, -0.15) is 13.2 Å². The summed E-state index contributed by atoms with van der Waals surface area (Å²) < 4.78 is 38.7. The molecule has 2 aliphatic heterocycles. The summed E-state index contributed by atoms with van der Waals surface area (Å²) in [5.41, 5.74) is 3.61. The first-order valence-electron chi connectivity index (χ1n) is 9.80. The largest absolute Gasteiger partial charge is 0.425 e. The third-order valence-corrected chi connectivity index (χ3v) is 6.89. The SMILES string of the molecule is CC12CC=C(N3C(=O)NCC3c3ccc(-c4csc(C(F)(F)F)c4)cc3)C=C1NC=N2. The number of allylic oxidation sites excluding steroid dienone is 1. The highest BCUT2D eigenvalue weighted by molar-refractivity contribution is 7.10. The molecule has 31 heavy (non-hydrogen) atoms. The van der Waals surface area contributed by atoms with Crippen molar-refractivity contribution in [1.29, 1.82) is 0 Å². The van der Waals surface area contributed by atoms with Crippen molar-refractivity contribution in [2.24, 2.45) is 4.99 Å². The molecule has 5 nitrogen and oxygen atoms in total. The Bertz CT molecular complexity index is 1130. The Balaban J connectivity index is 1.40. The molecule has 0 saturated carbocycles. The van der Waals surface area contributed by atoms with Crippen molar-refractivity contribution in [2.75, 3.05) is 6.54 Å². The Morgan fingerprint density at radius 2 is 2.00 bits per heavy atom. The highest BCUT2D eigenvalue weighted by Gasteiger charge is 2.39. The molecular weight excluding hydrogens is 425 g/mol. The van der Waals surface area contributed by atoms with Crippen LogP contribution in [0.25, 0.3) is 11.1 Å². The molecule has 2 unspecified atom stereocenters. The Hall–Kier alpha value is -3.07. The van der Waals surface area contributed by atoms with Gasteiger partial charge in [0.05, 0.1) is 12.4 Å². The molecule has 3 aliphatic rings. The molecule has 1 aromatic heterocycles. The maximum atomic E-state index is 12.9. The smallest absolute Gasteiger partial charge is 0.348 e. The van der Waals surface area contributed by atoms with E-state index in [9.17, 15) is 18.0 Å². The van der Waals surface area contributed by atoms with E-state index >= 15 is 0 Å². The molecule has 0 radical (unpaired) electrons. The lowest BCUT2D eigenvalue weighted by atomic mass is 9.89. The summed E-state index contributed by atoms with van der Waals surface area (Å²) in [6, 6.07) is 8.13. The van der Waals surface area contributed by atoms with E-state index in [4.69, 9.17) is 0 Å². The Kier molecular flexibility index (Phi) is 4.47. The van der Waals surface area contributed by atoms with E-state index < -0.39 is 11.1 Å². The highest BCUT2D eigenvalue weighted by Crippen LogP contribution is 2.39. The fraction of sp³-hybridized carbons (Fsp3) is 0.273. The number of nitrogens with one attached hydrogen (secondary N) is 2. The molecule has 1 fully saturated rings. The number of alkyl halides is 3. The Morgan fingerprint density at radius 1 is 1.23 bits per heavy atom. The second-order valence-corrected chi connectivity index (χ2v) is 8.87. The van der Waals surface area contributed by atoms with Crippen LogP contribution in [0.2, 0.25) is 0 Å². The predicted octanol–water partition coefficient (Wildman–Crippen LogP) is 5.06. The van der Waals surface area contributed by atoms with Crippen LogP contribution in [0.4, 0.5) is 18.0 Å². The number of amides is 2. The van der Waals surface area contributed by atoms with Gasteiger partial charge in [0.15, 0.2) is 0 Å². The molecule has 2 atom stereocenters. The van der Waals surface area contributed by atoms with Crippen LogP contribution in [-0.2, 0) is 6.18 Å². The first kappa shape index (κ1) is 19.9. The fourth-order valence-corrected chi connectivity index (χ4v) is 4.89. The summed E-state index contributed by atoms with van der Waals surface area (Å²) in [5, 5.41) is 7.56. The molecule has 0 bridgehead atoms. The van der Waals surface area contributed by atoms with Gasteiger partial charge in [-0.25, -0.2) is 4.79 Å². The fourth-order valence-electron chi connectivity index (χ4n) is 4.11. The van der Waals surface area contributed by atoms with E-state index in [1.807, 2.05) is 31.2 Å². The van der Waals surface area contributed by atoms with Crippen LogP contribution in [0.15, 0.2) is 64.3 Å². The predicted molar refractivity (Wildman–Crippen MR) is 114 cm³/mol. The number of fused-ring (bicyclic) bond motifs is 1. The van der Waals surface area contributed by atoms with Crippen molar-refractivity contribution in [3.8, 4) is 11.1 Å². The van der Waals surface area contributed by atoms with Crippen LogP contribution < -0.4 is 10.6 Å². The summed E-state index contributed by atoms with van der Waals surface area (Å²) in [6.07, 6.45) is 2.00. The van der Waals surface area contributed by atoms with Gasteiger partial charge in [-0.1, -0.05) is 30.3 Å². The van der Waals surface area contributed by atoms with Gasteiger partial charge in [-0.05, 0) is 47.6 Å². The molecule has 0 spiro atoms. The van der Waals surface area contributed by atoms with Crippen molar-refractivity contribution in [1.82, 2.24) is 15.5 Å². The number of aliphatic imine (C=N–C) groups is 1. The first-order valence-corrected chi connectivity index (χ1v) is 10.7. The molecule has 3 heterocycles. The summed E-state index contributed by atoms with van der Waals surface area (Å²) in [7, 11) is 0. The first-order chi connectivity index (χ1) is 14.7. The maximum absolute atomic E-state index is 12.9. The molecule has 160 valence electrons. The zero-order chi connectivity index (χ0) is 21.8. The van der Waals surface area contributed by atoms with Gasteiger partial charge in [0.25, 0.3) is 0 Å². The van der Waals surface area contributed by atoms with Gasteiger partial charge in [-0.3, -0.25) is 9.89 Å². The minimum atomic E-state index is -4.34. The van der Waals surface area contributed by atoms with Crippen molar-refractivity contribution in [2.45, 2.75) is 31.1 Å². The van der Waals surface area contributed by atoms with Gasteiger partial charge in [0.1, 0.15) is 10.4 Å². The summed E-state index contributed by atoms with van der Waals surface area (Å²) >= 11 is 0.690. The van der Waals surface area contributed by atoms with Gasteiger partial charge < -0.3 is 10.6 Å². The lowest BCUT2D eigenvalue weighted by molar-refractivity contribution is -0.134. The molecule has 1 saturated heterocycles. The number of thiophene rings is 1. The van der Waals surface area contributed by atoms with E-state index in [1.165, 1.54) is 11.4 Å². The highest BCUT2D eigenvalue weighted by atomic mass is 32.1. The molecule has 2 N–H and O–H groups in total. The third kappa shape index (κ3) is 3.42. The van der Waals surface area contributed by atoms with Crippen LogP contribution in [0, 0.1) is 0 Å². The second kappa shape index (κ2) is 6.98. The van der Waals surface area contributed by atoms with E-state index in [2.05, 4.69) is 15.6 Å². The quantitative estimate of drug-likeness (QED) is 0.695. The number of carbonyl (C=O) groups excluding carboxylic acids is 1. The number of urea groups is 1. The number of rotatable bonds is 3. The third-order valence-electron chi connectivity index (χ3n) is 5.91. The molecule has 2 amide bonds. The van der Waals surface area contributed by atoms with Gasteiger partial charge in [0, 0.05) is 17.9 Å². The minimum Gasteiger partial charge on any atom is -0.348 e. The van der Waals surface area contributed by atoms with Gasteiger partial charge >= 0.3 is 12.2 Å². The van der Waals surface area contributed by atoms with E-state index in [1.54, 1.807) is 23.4 Å². The summed E-state index contributed by atoms with van der Waals surface area (Å²) in [6.45, 7) is 2.49. The summed E-state index contributed by atoms with van der Waals surface area (Å²) in [5.74, 6) is 0. The Labute approximate surface area is 181 Å². The number of benzene rings is 1. The molecule has 2 aromatic rings. The number of carbonyl (C=O) groups is 1. The van der Waals surface area contributed by atoms with E-state index in [0.29, 0.717) is 35.4 Å². The van der Waals surface area contributed by atoms with E-state index in [0.717, 1.165) is 17.0 Å². The molecule has 1 aromatic carbocycles. The van der Waals surface area contributed by atoms with Crippen LogP contribution >= 0.6 is 11.3 Å². The minimum absolute atomic E-state index is 0.174. The zero-order valence-corrected chi connectivity index (χ0v) is 17.3. The van der Waals surface area contributed by atoms with Crippen molar-refractivity contribution in [3.05, 3.63) is 69.7 Å². The van der Waals surface area contributed by atoms with Crippen molar-refractivity contribution >= 4 is 23.7 Å². The Morgan fingerprint density at radius 3 is 2.71 bits per heavy atom. The molecule has 9 heteroatoms. The van der Waals surface area contributed by atoms with Crippen molar-refractivity contribution < 1.29 is 18.0 Å². The van der Waals surface area contributed by atoms with Gasteiger partial charge in [0.2, 0.25) is 0 Å². The van der Waals surface area contributed by atoms with Gasteiger partial charge in [-0.15, -0.1) is 11.3 Å². The normalized spacial score (nSPS) is 25.1. The summed E-state index contributed by atoms with van der Waals surface area (Å²) in [4.78, 5) is 18.2. The molecule has 1 aliphatic carbocycles. The topological polar surface area (TPSA) is 56.7 Å². The number of hydrogen-bond donors (Lipinski definition) is 2. The monoisotopic (exact) mass is 444 g/mol. The van der Waals surface area contributed by atoms with Crippen molar-refractivity contribution in [3.63, 3.8) is 0 Å². The standard InChI is InChI=1S/C22H19F3N4OS/c1-21-7-6-16(9-18(21)27-12-28-21)29-17(10-26-20(29)30)14-4-2-13(3-5-14)15-8-19(31-11-15)22(23,24)25/h2-6,8-9,11-12,17H,7,10H2,1H3,(H,26,30)(H,27,28). The lowest BCUT2D eigenvalue weighted by Crippen LogP contribution is -2.34. The average Bonchev–Trinajstić information content (AvgIpc) is 3.45. The molecular formula is C22H19F3N4OS. The van der Waals surface area contributed by atoms with Crippen LogP contribution in [-0.4, -0.2) is 29.4 Å². The number of nitrogens with zero attached hydrogens (tertiary/aromatic N) is 2. The number of halogens is 3. The zero-order valence-electron chi connectivity index (χ0n) is 16.5. The molecule has 5 rings (SSSR count). The maximum Gasteiger partial charge on any atom is 0.425 e.